The lowest BCUT2D eigenvalue weighted by molar-refractivity contribution is -0.366. The lowest BCUT2D eigenvalue weighted by Gasteiger charge is -2.02. The third-order valence-electron chi connectivity index (χ3n) is 2.98. The Hall–Kier alpha value is -1.28. The predicted molar refractivity (Wildman–Crippen MR) is 64.0 cm³/mol. The van der Waals surface area contributed by atoms with Crippen LogP contribution < -0.4 is 5.73 Å². The second-order valence-electron chi connectivity index (χ2n) is 4.34. The smallest absolute Gasteiger partial charge is 0.0781 e. The van der Waals surface area contributed by atoms with Crippen LogP contribution in [0.3, 0.4) is 0 Å². The number of fused-ring (bicyclic) bond motifs is 1. The minimum atomic E-state index is 0.959. The molecule has 0 fully saturated rings. The van der Waals surface area contributed by atoms with Crippen molar-refractivity contribution < 1.29 is 5.73 Å². The highest BCUT2D eigenvalue weighted by atomic mass is 14.7. The summed E-state index contributed by atoms with van der Waals surface area (Å²) in [7, 11) is 0. The van der Waals surface area contributed by atoms with Crippen molar-refractivity contribution >= 4 is 10.9 Å². The van der Waals surface area contributed by atoms with Crippen LogP contribution in [0.15, 0.2) is 12.1 Å². The number of quaternary nitrogens is 1. The highest BCUT2D eigenvalue weighted by Gasteiger charge is 2.10. The van der Waals surface area contributed by atoms with Crippen LogP contribution in [0.1, 0.15) is 22.4 Å². The average molecular weight is 203 g/mol. The summed E-state index contributed by atoms with van der Waals surface area (Å²) < 4.78 is 0. The van der Waals surface area contributed by atoms with Gasteiger partial charge in [0, 0.05) is 23.0 Å². The highest BCUT2D eigenvalue weighted by Crippen LogP contribution is 2.26. The highest BCUT2D eigenvalue weighted by molar-refractivity contribution is 5.88. The van der Waals surface area contributed by atoms with Gasteiger partial charge >= 0.3 is 0 Å². The molecule has 4 N–H and O–H groups in total. The first-order valence-electron chi connectivity index (χ1n) is 5.51. The van der Waals surface area contributed by atoms with Crippen molar-refractivity contribution in [2.24, 2.45) is 0 Å². The summed E-state index contributed by atoms with van der Waals surface area (Å²) in [6.45, 7) is 7.44. The number of H-pyrrole nitrogens is 1. The molecule has 1 aromatic heterocycles. The second kappa shape index (κ2) is 3.70. The molecule has 80 valence electrons. The van der Waals surface area contributed by atoms with Crippen molar-refractivity contribution in [3.05, 3.63) is 34.5 Å². The Kier molecular flexibility index (Phi) is 2.53. The van der Waals surface area contributed by atoms with Crippen LogP contribution in [-0.2, 0) is 6.42 Å². The summed E-state index contributed by atoms with van der Waals surface area (Å²) in [5, 5.41) is 1.40. The Balaban J connectivity index is 2.75. The molecule has 0 atom stereocenters. The van der Waals surface area contributed by atoms with Crippen molar-refractivity contribution in [1.82, 2.24) is 4.98 Å². The van der Waals surface area contributed by atoms with Gasteiger partial charge in [-0.05, 0) is 43.5 Å². The topological polar surface area (TPSA) is 43.4 Å². The Morgan fingerprint density at radius 2 is 1.93 bits per heavy atom. The summed E-state index contributed by atoms with van der Waals surface area (Å²) >= 11 is 0. The van der Waals surface area contributed by atoms with Gasteiger partial charge in [-0.15, -0.1) is 0 Å². The van der Waals surface area contributed by atoms with Crippen LogP contribution in [0.4, 0.5) is 0 Å². The maximum Gasteiger partial charge on any atom is 0.0781 e. The molecule has 0 unspecified atom stereocenters. The van der Waals surface area contributed by atoms with Gasteiger partial charge in [-0.25, -0.2) is 0 Å². The van der Waals surface area contributed by atoms with Gasteiger partial charge in [0.25, 0.3) is 0 Å². The molecular weight excluding hydrogens is 184 g/mol. The Labute approximate surface area is 90.5 Å². The summed E-state index contributed by atoms with van der Waals surface area (Å²) in [5.74, 6) is 0. The maximum atomic E-state index is 3.94. The van der Waals surface area contributed by atoms with Gasteiger partial charge in [0.1, 0.15) is 0 Å². The van der Waals surface area contributed by atoms with Crippen molar-refractivity contribution in [3.63, 3.8) is 0 Å². The summed E-state index contributed by atoms with van der Waals surface area (Å²) in [6.07, 6.45) is 1.07. The number of aromatic nitrogens is 1. The fourth-order valence-electron chi connectivity index (χ4n) is 2.42. The van der Waals surface area contributed by atoms with Gasteiger partial charge in [-0.3, -0.25) is 0 Å². The molecule has 0 radical (unpaired) electrons. The van der Waals surface area contributed by atoms with Crippen LogP contribution in [0.25, 0.3) is 10.9 Å². The normalized spacial score (nSPS) is 11.2. The first-order chi connectivity index (χ1) is 7.13. The number of hydrogen-bond acceptors (Lipinski definition) is 0. The molecule has 15 heavy (non-hydrogen) atoms. The lowest BCUT2D eigenvalue weighted by atomic mass is 10.0. The van der Waals surface area contributed by atoms with E-state index in [1.54, 1.807) is 0 Å². The molecule has 0 saturated carbocycles. The predicted octanol–water partition coefficient (Wildman–Crippen LogP) is 1.88. The van der Waals surface area contributed by atoms with E-state index < -0.39 is 0 Å². The third-order valence-corrected chi connectivity index (χ3v) is 2.98. The first-order valence-corrected chi connectivity index (χ1v) is 5.51. The molecule has 0 bridgehead atoms. The molecule has 2 heteroatoms. The number of aromatic amines is 1. The molecule has 0 aliphatic heterocycles. The molecule has 0 aliphatic carbocycles. The monoisotopic (exact) mass is 203 g/mol. The number of nitrogens with one attached hydrogen (secondary N) is 1. The van der Waals surface area contributed by atoms with Crippen LogP contribution >= 0.6 is 0 Å². The van der Waals surface area contributed by atoms with E-state index in [4.69, 9.17) is 0 Å². The van der Waals surface area contributed by atoms with Crippen molar-refractivity contribution in [2.75, 3.05) is 6.54 Å². The van der Waals surface area contributed by atoms with Crippen molar-refractivity contribution in [2.45, 2.75) is 27.2 Å². The van der Waals surface area contributed by atoms with Crippen LogP contribution in [0.2, 0.25) is 0 Å². The van der Waals surface area contributed by atoms with Gasteiger partial charge < -0.3 is 10.7 Å². The minimum Gasteiger partial charge on any atom is -0.358 e. The zero-order valence-corrected chi connectivity index (χ0v) is 9.78. The molecule has 1 heterocycles. The number of benzene rings is 1. The van der Waals surface area contributed by atoms with Gasteiger partial charge in [0.2, 0.25) is 0 Å². The van der Waals surface area contributed by atoms with Crippen molar-refractivity contribution in [1.29, 1.82) is 0 Å². The van der Waals surface area contributed by atoms with Gasteiger partial charge in [-0.2, -0.15) is 0 Å². The molecule has 0 spiro atoms. The zero-order chi connectivity index (χ0) is 11.0. The summed E-state index contributed by atoms with van der Waals surface area (Å²) in [4.78, 5) is 3.47. The summed E-state index contributed by atoms with van der Waals surface area (Å²) in [5.41, 5.74) is 10.6. The first kappa shape index (κ1) is 10.2. The van der Waals surface area contributed by atoms with Gasteiger partial charge in [0.05, 0.1) is 6.54 Å². The largest absolute Gasteiger partial charge is 0.358 e. The molecule has 1 aromatic carbocycles. The van der Waals surface area contributed by atoms with E-state index in [0.717, 1.165) is 13.0 Å². The second-order valence-corrected chi connectivity index (χ2v) is 4.34. The van der Waals surface area contributed by atoms with Gasteiger partial charge in [-0.1, -0.05) is 6.07 Å². The molecule has 2 aromatic rings. The molecular formula is C13H19N2+. The molecule has 0 amide bonds. The van der Waals surface area contributed by atoms with E-state index >= 15 is 0 Å². The van der Waals surface area contributed by atoms with Crippen LogP contribution in [-0.4, -0.2) is 11.5 Å². The number of aryl methyl sites for hydroxylation is 3. The number of hydrogen-bond donors (Lipinski definition) is 2. The fourth-order valence-corrected chi connectivity index (χ4v) is 2.42. The van der Waals surface area contributed by atoms with Crippen LogP contribution in [0, 0.1) is 20.8 Å². The minimum absolute atomic E-state index is 0.959. The molecule has 0 saturated heterocycles. The van der Waals surface area contributed by atoms with Gasteiger partial charge in [0.15, 0.2) is 0 Å². The Morgan fingerprint density at radius 1 is 1.20 bits per heavy atom. The Bertz CT molecular complexity index is 495. The SMILES string of the molecule is Cc1cc(C)c2c(CC[NH3+])c(C)[nH]c2c1. The summed E-state index contributed by atoms with van der Waals surface area (Å²) in [6, 6.07) is 4.48. The molecule has 2 rings (SSSR count). The standard InChI is InChI=1S/C13H18N2/c1-8-6-9(2)13-11(4-5-14)10(3)15-12(13)7-8/h6-7,15H,4-5,14H2,1-3H3/p+1. The van der Waals surface area contributed by atoms with E-state index in [1.807, 2.05) is 0 Å². The maximum absolute atomic E-state index is 3.94. The average Bonchev–Trinajstić information content (AvgIpc) is 2.43. The Morgan fingerprint density at radius 3 is 2.60 bits per heavy atom. The number of rotatable bonds is 2. The fraction of sp³-hybridized carbons (Fsp3) is 0.385. The third kappa shape index (κ3) is 1.65. The zero-order valence-electron chi connectivity index (χ0n) is 9.78. The van der Waals surface area contributed by atoms with E-state index in [0.29, 0.717) is 0 Å². The van der Waals surface area contributed by atoms with E-state index in [-0.39, 0.29) is 0 Å². The van der Waals surface area contributed by atoms with Crippen LogP contribution in [0.5, 0.6) is 0 Å². The lowest BCUT2D eigenvalue weighted by Crippen LogP contribution is -2.51. The van der Waals surface area contributed by atoms with Crippen molar-refractivity contribution in [3.8, 4) is 0 Å². The quantitative estimate of drug-likeness (QED) is 0.748. The molecule has 0 aliphatic rings. The van der Waals surface area contributed by atoms with E-state index in [1.165, 1.54) is 33.3 Å². The molecule has 2 nitrogen and oxygen atoms in total. The van der Waals surface area contributed by atoms with E-state index in [2.05, 4.69) is 43.6 Å². The van der Waals surface area contributed by atoms with E-state index in [9.17, 15) is 0 Å².